The quantitative estimate of drug-likeness (QED) is 0.203. The van der Waals surface area contributed by atoms with Gasteiger partial charge in [0.25, 0.3) is 0 Å². The van der Waals surface area contributed by atoms with E-state index in [4.69, 9.17) is 9.97 Å². The minimum atomic E-state index is -1.60. The van der Waals surface area contributed by atoms with E-state index < -0.39 is 8.80 Å². The van der Waals surface area contributed by atoms with Gasteiger partial charge in [-0.1, -0.05) is 116 Å². The first-order valence-electron chi connectivity index (χ1n) is 14.8. The van der Waals surface area contributed by atoms with Gasteiger partial charge in [0.15, 0.2) is 5.82 Å². The summed E-state index contributed by atoms with van der Waals surface area (Å²) < 4.78 is 2.37. The topological polar surface area (TPSA) is 30.7 Å². The predicted molar refractivity (Wildman–Crippen MR) is 182 cm³/mol. The Morgan fingerprint density at radius 2 is 1.19 bits per heavy atom. The average Bonchev–Trinajstić information content (AvgIpc) is 3.57. The molecule has 0 radical (unpaired) electrons. The summed E-state index contributed by atoms with van der Waals surface area (Å²) in [6, 6.07) is 50.0. The third-order valence-electron chi connectivity index (χ3n) is 9.03. The second kappa shape index (κ2) is 9.35. The lowest BCUT2D eigenvalue weighted by molar-refractivity contribution is 1.18. The molecule has 4 heteroatoms. The van der Waals surface area contributed by atoms with E-state index in [0.717, 1.165) is 28.3 Å². The van der Waals surface area contributed by atoms with Crippen molar-refractivity contribution in [1.82, 2.24) is 14.5 Å². The minimum absolute atomic E-state index is 0.781. The van der Waals surface area contributed by atoms with Crippen LogP contribution in [0.5, 0.6) is 0 Å². The molecule has 0 fully saturated rings. The molecule has 43 heavy (non-hydrogen) atoms. The van der Waals surface area contributed by atoms with Gasteiger partial charge in [-0.15, -0.1) is 0 Å². The maximum atomic E-state index is 5.37. The van der Waals surface area contributed by atoms with Crippen LogP contribution in [0.15, 0.2) is 140 Å². The van der Waals surface area contributed by atoms with Crippen LogP contribution < -0.4 is 10.4 Å². The van der Waals surface area contributed by atoms with Crippen molar-refractivity contribution in [2.24, 2.45) is 0 Å². The zero-order chi connectivity index (χ0) is 28.5. The molecule has 1 aliphatic heterocycles. The number of para-hydroxylation sites is 2. The number of aromatic nitrogens is 3. The van der Waals surface area contributed by atoms with Crippen LogP contribution >= 0.6 is 0 Å². The van der Waals surface area contributed by atoms with Crippen molar-refractivity contribution >= 4 is 51.7 Å². The van der Waals surface area contributed by atoms with Crippen LogP contribution in [0.25, 0.3) is 72.2 Å². The SMILES string of the molecule is C[SiH]1c2c(-c3ccc4c(c3)c3ccccc3n4-c3ccccc3)nc(-c3ccccc3)nc2-c2ccc3ccccc3c21. The number of rotatable bonds is 3. The molecule has 3 heterocycles. The van der Waals surface area contributed by atoms with Gasteiger partial charge in [0.05, 0.1) is 22.4 Å². The number of benzene rings is 6. The number of hydrogen-bond acceptors (Lipinski definition) is 2. The molecule has 8 aromatic rings. The minimum Gasteiger partial charge on any atom is -0.309 e. The van der Waals surface area contributed by atoms with Gasteiger partial charge in [-0.05, 0) is 51.5 Å². The predicted octanol–water partition coefficient (Wildman–Crippen LogP) is 8.01. The molecule has 0 spiro atoms. The Labute approximate surface area is 251 Å². The molecule has 1 aliphatic rings. The Morgan fingerprint density at radius 1 is 0.512 bits per heavy atom. The zero-order valence-corrected chi connectivity index (χ0v) is 24.9. The van der Waals surface area contributed by atoms with Crippen molar-refractivity contribution in [1.29, 1.82) is 0 Å². The number of fused-ring (bicyclic) bond motifs is 8. The first kappa shape index (κ1) is 24.3. The van der Waals surface area contributed by atoms with Crippen molar-refractivity contribution in [2.75, 3.05) is 0 Å². The molecule has 0 amide bonds. The van der Waals surface area contributed by atoms with E-state index in [9.17, 15) is 0 Å². The molecule has 0 bridgehead atoms. The molecule has 1 unspecified atom stereocenters. The second-order valence-corrected chi connectivity index (χ2v) is 14.0. The van der Waals surface area contributed by atoms with Crippen LogP contribution in [0, 0.1) is 0 Å². The summed E-state index contributed by atoms with van der Waals surface area (Å²) in [7, 11) is -1.60. The van der Waals surface area contributed by atoms with Gasteiger partial charge in [-0.25, -0.2) is 9.97 Å². The van der Waals surface area contributed by atoms with Crippen molar-refractivity contribution in [3.8, 4) is 39.6 Å². The van der Waals surface area contributed by atoms with E-state index >= 15 is 0 Å². The molecular formula is C39H27N3Si. The summed E-state index contributed by atoms with van der Waals surface area (Å²) in [5, 5.41) is 7.96. The zero-order valence-electron chi connectivity index (χ0n) is 23.7. The van der Waals surface area contributed by atoms with Gasteiger partial charge in [0, 0.05) is 33.2 Å². The highest BCUT2D eigenvalue weighted by Crippen LogP contribution is 2.37. The van der Waals surface area contributed by atoms with Crippen LogP contribution in [-0.2, 0) is 0 Å². The molecule has 0 aliphatic carbocycles. The molecule has 6 aromatic carbocycles. The van der Waals surface area contributed by atoms with E-state index in [1.54, 1.807) is 0 Å². The second-order valence-electron chi connectivity index (χ2n) is 11.4. The van der Waals surface area contributed by atoms with E-state index in [1.165, 1.54) is 54.2 Å². The summed E-state index contributed by atoms with van der Waals surface area (Å²) in [5.41, 5.74) is 9.21. The Bertz CT molecular complexity index is 2360. The van der Waals surface area contributed by atoms with Crippen LogP contribution in [0.2, 0.25) is 6.55 Å². The largest absolute Gasteiger partial charge is 0.309 e. The first-order chi connectivity index (χ1) is 21.3. The Hall–Kier alpha value is -5.32. The van der Waals surface area contributed by atoms with Gasteiger partial charge in [-0.3, -0.25) is 0 Å². The van der Waals surface area contributed by atoms with Gasteiger partial charge < -0.3 is 4.57 Å². The fraction of sp³-hybridized carbons (Fsp3) is 0.0256. The lowest BCUT2D eigenvalue weighted by Crippen LogP contribution is -2.37. The van der Waals surface area contributed by atoms with Crippen LogP contribution in [0.1, 0.15) is 0 Å². The maximum absolute atomic E-state index is 5.37. The Kier molecular flexibility index (Phi) is 5.28. The summed E-state index contributed by atoms with van der Waals surface area (Å²) >= 11 is 0. The smallest absolute Gasteiger partial charge is 0.160 e. The summed E-state index contributed by atoms with van der Waals surface area (Å²) in [6.07, 6.45) is 0. The third-order valence-corrected chi connectivity index (χ3v) is 11.9. The van der Waals surface area contributed by atoms with E-state index in [0.29, 0.717) is 0 Å². The van der Waals surface area contributed by atoms with Crippen LogP contribution in [0.4, 0.5) is 0 Å². The molecule has 0 N–H and O–H groups in total. The number of nitrogens with zero attached hydrogens (tertiary/aromatic N) is 3. The maximum Gasteiger partial charge on any atom is 0.160 e. The van der Waals surface area contributed by atoms with Crippen molar-refractivity contribution in [3.63, 3.8) is 0 Å². The standard InChI is InChI=1S/C39H27N3Si/c1-43-37-29-17-9-8-12-25(29)20-22-31(37)36-38(43)35(40-39(41-36)26-13-4-2-5-14-26)27-21-23-34-32(24-27)30-18-10-11-19-33(30)42(34)28-15-6-3-7-16-28/h2-24,43H,1H3. The van der Waals surface area contributed by atoms with E-state index in [2.05, 4.69) is 145 Å². The van der Waals surface area contributed by atoms with Crippen LogP contribution in [-0.4, -0.2) is 23.3 Å². The normalized spacial score (nSPS) is 13.9. The molecule has 3 nitrogen and oxygen atoms in total. The van der Waals surface area contributed by atoms with E-state index in [-0.39, 0.29) is 0 Å². The highest BCUT2D eigenvalue weighted by Gasteiger charge is 2.34. The lowest BCUT2D eigenvalue weighted by Gasteiger charge is -2.14. The highest BCUT2D eigenvalue weighted by molar-refractivity contribution is 6.91. The average molecular weight is 566 g/mol. The van der Waals surface area contributed by atoms with Crippen molar-refractivity contribution < 1.29 is 0 Å². The molecule has 2 aromatic heterocycles. The third kappa shape index (κ3) is 3.60. The molecular weight excluding hydrogens is 539 g/mol. The lowest BCUT2D eigenvalue weighted by atomic mass is 10.0. The molecule has 0 saturated carbocycles. The fourth-order valence-corrected chi connectivity index (χ4v) is 10.1. The summed E-state index contributed by atoms with van der Waals surface area (Å²) in [4.78, 5) is 10.7. The Morgan fingerprint density at radius 3 is 2.02 bits per heavy atom. The van der Waals surface area contributed by atoms with Crippen LogP contribution in [0.3, 0.4) is 0 Å². The fourth-order valence-electron chi connectivity index (χ4n) is 7.11. The number of hydrogen-bond donors (Lipinski definition) is 0. The van der Waals surface area contributed by atoms with E-state index in [1.807, 2.05) is 6.07 Å². The molecule has 9 rings (SSSR count). The Balaban J connectivity index is 1.34. The summed E-state index contributed by atoms with van der Waals surface area (Å²) in [5.74, 6) is 0.781. The van der Waals surface area contributed by atoms with Gasteiger partial charge >= 0.3 is 0 Å². The highest BCUT2D eigenvalue weighted by atomic mass is 28.3. The van der Waals surface area contributed by atoms with Gasteiger partial charge in [0.2, 0.25) is 0 Å². The molecule has 0 saturated heterocycles. The van der Waals surface area contributed by atoms with Crippen molar-refractivity contribution in [3.05, 3.63) is 140 Å². The monoisotopic (exact) mass is 565 g/mol. The summed E-state index contributed by atoms with van der Waals surface area (Å²) in [6.45, 7) is 2.45. The van der Waals surface area contributed by atoms with Crippen molar-refractivity contribution in [2.45, 2.75) is 6.55 Å². The van der Waals surface area contributed by atoms with Gasteiger partial charge in [-0.2, -0.15) is 0 Å². The molecule has 202 valence electrons. The van der Waals surface area contributed by atoms with Gasteiger partial charge in [0.1, 0.15) is 8.80 Å². The first-order valence-corrected chi connectivity index (χ1v) is 17.2. The molecule has 1 atom stereocenters.